The normalized spacial score (nSPS) is 14.8. The molecule has 0 bridgehead atoms. The molecule has 10 nitrogen and oxygen atoms in total. The number of esters is 1. The van der Waals surface area contributed by atoms with Crippen LogP contribution in [0.1, 0.15) is 37.8 Å². The van der Waals surface area contributed by atoms with Crippen molar-refractivity contribution in [1.29, 1.82) is 0 Å². The third-order valence-corrected chi connectivity index (χ3v) is 5.02. The SMILES string of the molecule is CCOC(=O)C1CCN(C(=O)CCn2c(C)ncc(-c3nc(C)no3)c2=O)CC1. The summed E-state index contributed by atoms with van der Waals surface area (Å²) < 4.78 is 11.6. The highest BCUT2D eigenvalue weighted by atomic mass is 16.5. The summed E-state index contributed by atoms with van der Waals surface area (Å²) in [5, 5.41) is 3.70. The molecule has 0 N–H and O–H groups in total. The van der Waals surface area contributed by atoms with E-state index >= 15 is 0 Å². The number of ether oxygens (including phenoxy) is 1. The minimum absolute atomic E-state index is 0.0577. The molecule has 0 aromatic carbocycles. The second-order valence-electron chi connectivity index (χ2n) is 6.98. The van der Waals surface area contributed by atoms with Gasteiger partial charge in [0.15, 0.2) is 5.82 Å². The van der Waals surface area contributed by atoms with E-state index in [2.05, 4.69) is 15.1 Å². The van der Waals surface area contributed by atoms with Gasteiger partial charge in [0.1, 0.15) is 11.4 Å². The molecule has 0 radical (unpaired) electrons. The molecule has 1 aliphatic heterocycles. The summed E-state index contributed by atoms with van der Waals surface area (Å²) in [4.78, 5) is 47.2. The summed E-state index contributed by atoms with van der Waals surface area (Å²) in [6, 6.07) is 0. The Morgan fingerprint density at radius 2 is 2.00 bits per heavy atom. The zero-order chi connectivity index (χ0) is 21.0. The molecule has 1 aliphatic rings. The highest BCUT2D eigenvalue weighted by molar-refractivity contribution is 5.77. The van der Waals surface area contributed by atoms with Crippen molar-refractivity contribution in [3.63, 3.8) is 0 Å². The number of amides is 1. The van der Waals surface area contributed by atoms with Crippen LogP contribution in [-0.4, -0.2) is 56.2 Å². The Morgan fingerprint density at radius 1 is 1.28 bits per heavy atom. The number of aryl methyl sites for hydroxylation is 2. The van der Waals surface area contributed by atoms with E-state index in [1.165, 1.54) is 10.8 Å². The predicted molar refractivity (Wildman–Crippen MR) is 102 cm³/mol. The van der Waals surface area contributed by atoms with Gasteiger partial charge in [-0.25, -0.2) is 4.98 Å². The van der Waals surface area contributed by atoms with E-state index in [4.69, 9.17) is 9.26 Å². The van der Waals surface area contributed by atoms with Gasteiger partial charge < -0.3 is 14.2 Å². The van der Waals surface area contributed by atoms with Crippen molar-refractivity contribution < 1.29 is 18.8 Å². The quantitative estimate of drug-likeness (QED) is 0.658. The second-order valence-corrected chi connectivity index (χ2v) is 6.98. The number of rotatable bonds is 6. The third kappa shape index (κ3) is 4.69. The fourth-order valence-corrected chi connectivity index (χ4v) is 3.38. The van der Waals surface area contributed by atoms with Crippen molar-refractivity contribution in [2.45, 2.75) is 46.6 Å². The van der Waals surface area contributed by atoms with Gasteiger partial charge >= 0.3 is 5.97 Å². The molecular weight excluding hydrogens is 378 g/mol. The molecule has 0 saturated carbocycles. The molecule has 10 heteroatoms. The Morgan fingerprint density at radius 3 is 2.62 bits per heavy atom. The molecular formula is C19H25N5O5. The van der Waals surface area contributed by atoms with Crippen molar-refractivity contribution in [1.82, 2.24) is 24.6 Å². The molecule has 3 heterocycles. The Hall–Kier alpha value is -3.04. The first-order valence-electron chi connectivity index (χ1n) is 9.72. The van der Waals surface area contributed by atoms with Gasteiger partial charge in [-0.15, -0.1) is 0 Å². The van der Waals surface area contributed by atoms with Gasteiger partial charge in [-0.1, -0.05) is 5.16 Å². The third-order valence-electron chi connectivity index (χ3n) is 5.02. The zero-order valence-corrected chi connectivity index (χ0v) is 16.9. The predicted octanol–water partition coefficient (Wildman–Crippen LogP) is 1.10. The number of likely N-dealkylation sites (tertiary alicyclic amines) is 1. The Balaban J connectivity index is 1.62. The highest BCUT2D eigenvalue weighted by Crippen LogP contribution is 2.19. The van der Waals surface area contributed by atoms with Crippen LogP contribution in [0.2, 0.25) is 0 Å². The monoisotopic (exact) mass is 403 g/mol. The molecule has 2 aromatic heterocycles. The number of piperidine rings is 1. The van der Waals surface area contributed by atoms with E-state index in [-0.39, 0.29) is 47.8 Å². The van der Waals surface area contributed by atoms with Crippen molar-refractivity contribution >= 4 is 11.9 Å². The van der Waals surface area contributed by atoms with Gasteiger partial charge in [0.05, 0.1) is 12.5 Å². The molecule has 3 rings (SSSR count). The van der Waals surface area contributed by atoms with Crippen LogP contribution in [0.15, 0.2) is 15.5 Å². The number of carbonyl (C=O) groups is 2. The number of nitrogens with zero attached hydrogens (tertiary/aromatic N) is 5. The van der Waals surface area contributed by atoms with E-state index < -0.39 is 0 Å². The maximum Gasteiger partial charge on any atom is 0.309 e. The van der Waals surface area contributed by atoms with E-state index in [9.17, 15) is 14.4 Å². The van der Waals surface area contributed by atoms with Gasteiger partial charge in [0.25, 0.3) is 11.4 Å². The van der Waals surface area contributed by atoms with Crippen LogP contribution in [0.5, 0.6) is 0 Å². The second kappa shape index (κ2) is 8.97. The van der Waals surface area contributed by atoms with E-state index in [1.807, 2.05) is 0 Å². The average Bonchev–Trinajstić information content (AvgIpc) is 3.14. The standard InChI is InChI=1S/C19H25N5O5/c1-4-28-19(27)14-5-8-23(9-6-14)16(25)7-10-24-13(3)20-11-15(18(24)26)17-21-12(2)22-29-17/h11,14H,4-10H2,1-3H3. The zero-order valence-electron chi connectivity index (χ0n) is 16.9. The van der Waals surface area contributed by atoms with Gasteiger partial charge in [0.2, 0.25) is 5.91 Å². The van der Waals surface area contributed by atoms with Crippen LogP contribution in [0.4, 0.5) is 0 Å². The summed E-state index contributed by atoms with van der Waals surface area (Å²) >= 11 is 0. The minimum Gasteiger partial charge on any atom is -0.466 e. The van der Waals surface area contributed by atoms with Gasteiger partial charge in [-0.2, -0.15) is 4.98 Å². The van der Waals surface area contributed by atoms with E-state index in [1.54, 1.807) is 25.7 Å². The first-order chi connectivity index (χ1) is 13.9. The van der Waals surface area contributed by atoms with E-state index in [0.717, 1.165) is 0 Å². The molecule has 0 atom stereocenters. The molecule has 0 aliphatic carbocycles. The first-order valence-corrected chi connectivity index (χ1v) is 9.72. The summed E-state index contributed by atoms with van der Waals surface area (Å²) in [7, 11) is 0. The van der Waals surface area contributed by atoms with E-state index in [0.29, 0.717) is 44.2 Å². The summed E-state index contributed by atoms with van der Waals surface area (Å²) in [5.41, 5.74) is -0.117. The first kappa shape index (κ1) is 20.7. The Bertz CT molecular complexity index is 943. The summed E-state index contributed by atoms with van der Waals surface area (Å²) in [6.07, 6.45) is 2.76. The molecule has 1 amide bonds. The lowest BCUT2D eigenvalue weighted by Gasteiger charge is -2.31. The molecule has 0 spiro atoms. The van der Waals surface area contributed by atoms with Gasteiger partial charge in [-0.3, -0.25) is 19.0 Å². The molecule has 29 heavy (non-hydrogen) atoms. The van der Waals surface area contributed by atoms with Crippen LogP contribution < -0.4 is 5.56 Å². The summed E-state index contributed by atoms with van der Waals surface area (Å²) in [5.74, 6) is 0.638. The van der Waals surface area contributed by atoms with Crippen molar-refractivity contribution in [2.75, 3.05) is 19.7 Å². The molecule has 1 fully saturated rings. The van der Waals surface area contributed by atoms with Gasteiger partial charge in [-0.05, 0) is 33.6 Å². The van der Waals surface area contributed by atoms with Crippen molar-refractivity contribution in [3.05, 3.63) is 28.2 Å². The average molecular weight is 403 g/mol. The molecule has 1 saturated heterocycles. The smallest absolute Gasteiger partial charge is 0.309 e. The highest BCUT2D eigenvalue weighted by Gasteiger charge is 2.28. The molecule has 2 aromatic rings. The fourth-order valence-electron chi connectivity index (χ4n) is 3.38. The Labute approximate surface area is 167 Å². The lowest BCUT2D eigenvalue weighted by molar-refractivity contribution is -0.151. The van der Waals surface area contributed by atoms with Crippen LogP contribution in [-0.2, 0) is 20.9 Å². The maximum atomic E-state index is 12.8. The van der Waals surface area contributed by atoms with Crippen LogP contribution in [0, 0.1) is 19.8 Å². The maximum absolute atomic E-state index is 12.8. The van der Waals surface area contributed by atoms with Crippen molar-refractivity contribution in [2.24, 2.45) is 5.92 Å². The number of carbonyl (C=O) groups excluding carboxylic acids is 2. The number of aromatic nitrogens is 4. The number of hydrogen-bond donors (Lipinski definition) is 0. The largest absolute Gasteiger partial charge is 0.466 e. The lowest BCUT2D eigenvalue weighted by Crippen LogP contribution is -2.41. The fraction of sp³-hybridized carbons (Fsp3) is 0.579. The minimum atomic E-state index is -0.324. The molecule has 0 unspecified atom stereocenters. The topological polar surface area (TPSA) is 120 Å². The van der Waals surface area contributed by atoms with Crippen LogP contribution >= 0.6 is 0 Å². The Kier molecular flexibility index (Phi) is 6.40. The lowest BCUT2D eigenvalue weighted by atomic mass is 9.97. The molecule has 156 valence electrons. The van der Waals surface area contributed by atoms with Crippen molar-refractivity contribution in [3.8, 4) is 11.5 Å². The van der Waals surface area contributed by atoms with Crippen LogP contribution in [0.3, 0.4) is 0 Å². The summed E-state index contributed by atoms with van der Waals surface area (Å²) in [6.45, 7) is 6.74. The number of hydrogen-bond acceptors (Lipinski definition) is 8. The van der Waals surface area contributed by atoms with Crippen LogP contribution in [0.25, 0.3) is 11.5 Å². The van der Waals surface area contributed by atoms with Gasteiger partial charge in [0, 0.05) is 32.3 Å².